The third-order valence-electron chi connectivity index (χ3n) is 6.35. The number of sulfonamides is 1. The predicted molar refractivity (Wildman–Crippen MR) is 109 cm³/mol. The van der Waals surface area contributed by atoms with Gasteiger partial charge in [-0.3, -0.25) is 9.59 Å². The Labute approximate surface area is 169 Å². The Morgan fingerprint density at radius 3 is 2.69 bits per heavy atom. The van der Waals surface area contributed by atoms with Crippen LogP contribution in [-0.2, 0) is 14.8 Å². The van der Waals surface area contributed by atoms with E-state index < -0.39 is 10.0 Å². The number of benzene rings is 2. The van der Waals surface area contributed by atoms with E-state index in [1.54, 1.807) is 24.3 Å². The van der Waals surface area contributed by atoms with E-state index in [4.69, 9.17) is 0 Å². The molecule has 1 atom stereocenters. The molecular weight excluding hydrogens is 390 g/mol. The van der Waals surface area contributed by atoms with Crippen molar-refractivity contribution in [2.24, 2.45) is 5.92 Å². The number of anilines is 1. The van der Waals surface area contributed by atoms with Crippen LogP contribution in [0.4, 0.5) is 5.69 Å². The fourth-order valence-electron chi connectivity index (χ4n) is 4.92. The normalized spacial score (nSPS) is 22.1. The molecule has 2 N–H and O–H groups in total. The molecule has 7 nitrogen and oxygen atoms in total. The minimum Gasteiger partial charge on any atom is -0.339 e. The van der Waals surface area contributed by atoms with Crippen LogP contribution in [0.5, 0.6) is 0 Å². The molecule has 1 unspecified atom stereocenters. The molecule has 0 aromatic heterocycles. The molecule has 29 heavy (non-hydrogen) atoms. The van der Waals surface area contributed by atoms with Crippen molar-refractivity contribution in [2.75, 3.05) is 18.4 Å². The van der Waals surface area contributed by atoms with E-state index in [0.29, 0.717) is 41.0 Å². The molecule has 5 rings (SSSR count). The second kappa shape index (κ2) is 6.81. The molecule has 8 heteroatoms. The van der Waals surface area contributed by atoms with Gasteiger partial charge >= 0.3 is 0 Å². The van der Waals surface area contributed by atoms with Gasteiger partial charge in [0, 0.05) is 47.6 Å². The zero-order chi connectivity index (χ0) is 20.2. The number of amides is 2. The summed E-state index contributed by atoms with van der Waals surface area (Å²) in [5.74, 6) is -0.0986. The van der Waals surface area contributed by atoms with Gasteiger partial charge < -0.3 is 10.2 Å². The van der Waals surface area contributed by atoms with E-state index >= 15 is 0 Å². The van der Waals surface area contributed by atoms with E-state index in [1.807, 2.05) is 4.90 Å². The summed E-state index contributed by atoms with van der Waals surface area (Å²) in [7, 11) is -3.77. The Hall–Kier alpha value is -2.45. The van der Waals surface area contributed by atoms with Crippen LogP contribution >= 0.6 is 0 Å². The van der Waals surface area contributed by atoms with Crippen LogP contribution in [0.1, 0.15) is 42.5 Å². The standard InChI is InChI=1S/C21H23N3O4S/c25-19-10-13(12-24(19)14-4-1-2-5-14)11-22-29(27,28)18-9-8-17-20-15(18)6-3-7-16(20)21(26)23-17/h3,6-9,13-14,22H,1-2,4-5,10-12H2,(H,23,26). The average Bonchev–Trinajstić information content (AvgIpc) is 3.41. The number of likely N-dealkylation sites (tertiary alicyclic amines) is 1. The molecule has 0 radical (unpaired) electrons. The van der Waals surface area contributed by atoms with Crippen LogP contribution in [-0.4, -0.2) is 44.3 Å². The first-order chi connectivity index (χ1) is 13.9. The lowest BCUT2D eigenvalue weighted by Crippen LogP contribution is -2.36. The van der Waals surface area contributed by atoms with Gasteiger partial charge in [-0.1, -0.05) is 25.0 Å². The highest BCUT2D eigenvalue weighted by Crippen LogP contribution is 2.36. The third-order valence-corrected chi connectivity index (χ3v) is 7.83. The van der Waals surface area contributed by atoms with E-state index in [9.17, 15) is 18.0 Å². The summed E-state index contributed by atoms with van der Waals surface area (Å²) in [5.41, 5.74) is 1.12. The van der Waals surface area contributed by atoms with E-state index in [-0.39, 0.29) is 29.2 Å². The summed E-state index contributed by atoms with van der Waals surface area (Å²) in [6.07, 6.45) is 4.82. The molecular formula is C21H23N3O4S. The van der Waals surface area contributed by atoms with Crippen LogP contribution in [0.15, 0.2) is 35.2 Å². The third kappa shape index (κ3) is 3.11. The minimum atomic E-state index is -3.77. The van der Waals surface area contributed by atoms with Gasteiger partial charge in [0.25, 0.3) is 5.91 Å². The van der Waals surface area contributed by atoms with E-state index in [0.717, 1.165) is 25.7 Å². The van der Waals surface area contributed by atoms with Gasteiger partial charge in [0.15, 0.2) is 0 Å². The SMILES string of the molecule is O=C1Nc2ccc(S(=O)(=O)NCC3CC(=O)N(C4CCCC4)C3)c3cccc1c23. The number of carbonyl (C=O) groups excluding carboxylic acids is 2. The van der Waals surface area contributed by atoms with Crippen molar-refractivity contribution in [1.82, 2.24) is 9.62 Å². The maximum atomic E-state index is 13.0. The number of hydrogen-bond acceptors (Lipinski definition) is 4. The topological polar surface area (TPSA) is 95.6 Å². The highest BCUT2D eigenvalue weighted by atomic mass is 32.2. The quantitative estimate of drug-likeness (QED) is 0.787. The number of carbonyl (C=O) groups is 2. The van der Waals surface area contributed by atoms with Crippen LogP contribution in [0.3, 0.4) is 0 Å². The fraction of sp³-hybridized carbons (Fsp3) is 0.429. The summed E-state index contributed by atoms with van der Waals surface area (Å²) in [5, 5.41) is 3.94. The zero-order valence-electron chi connectivity index (χ0n) is 16.0. The molecule has 1 aliphatic carbocycles. The molecule has 3 aliphatic rings. The summed E-state index contributed by atoms with van der Waals surface area (Å²) in [4.78, 5) is 26.5. The second-order valence-corrected chi connectivity index (χ2v) is 9.94. The van der Waals surface area contributed by atoms with Crippen molar-refractivity contribution in [1.29, 1.82) is 0 Å². The molecule has 2 heterocycles. The summed E-state index contributed by atoms with van der Waals surface area (Å²) < 4.78 is 28.8. The molecule has 0 spiro atoms. The Morgan fingerprint density at radius 2 is 1.90 bits per heavy atom. The monoisotopic (exact) mass is 413 g/mol. The lowest BCUT2D eigenvalue weighted by molar-refractivity contribution is -0.129. The maximum Gasteiger partial charge on any atom is 0.256 e. The summed E-state index contributed by atoms with van der Waals surface area (Å²) in [6, 6.07) is 8.59. The number of hydrogen-bond donors (Lipinski definition) is 2. The molecule has 1 saturated carbocycles. The van der Waals surface area contributed by atoms with Crippen LogP contribution in [0.2, 0.25) is 0 Å². The van der Waals surface area contributed by atoms with Crippen LogP contribution < -0.4 is 10.0 Å². The first-order valence-electron chi connectivity index (χ1n) is 10.1. The lowest BCUT2D eigenvalue weighted by atomic mass is 10.1. The van der Waals surface area contributed by atoms with Gasteiger partial charge in [-0.05, 0) is 37.0 Å². The van der Waals surface area contributed by atoms with Gasteiger partial charge in [-0.2, -0.15) is 0 Å². The minimum absolute atomic E-state index is 0.0158. The second-order valence-electron chi connectivity index (χ2n) is 8.20. The molecule has 1 saturated heterocycles. The Morgan fingerprint density at radius 1 is 1.10 bits per heavy atom. The molecule has 2 aliphatic heterocycles. The van der Waals surface area contributed by atoms with Gasteiger partial charge in [-0.25, -0.2) is 13.1 Å². The zero-order valence-corrected chi connectivity index (χ0v) is 16.8. The van der Waals surface area contributed by atoms with Gasteiger partial charge in [-0.15, -0.1) is 0 Å². The van der Waals surface area contributed by atoms with E-state index in [1.165, 1.54) is 6.07 Å². The number of nitrogens with zero attached hydrogens (tertiary/aromatic N) is 1. The molecule has 2 amide bonds. The Bertz CT molecular complexity index is 1120. The summed E-state index contributed by atoms with van der Waals surface area (Å²) in [6.45, 7) is 0.853. The van der Waals surface area contributed by atoms with Crippen LogP contribution in [0.25, 0.3) is 10.8 Å². The van der Waals surface area contributed by atoms with Crippen LogP contribution in [0, 0.1) is 5.92 Å². The molecule has 2 aromatic carbocycles. The van der Waals surface area contributed by atoms with Crippen molar-refractivity contribution < 1.29 is 18.0 Å². The van der Waals surface area contributed by atoms with Crippen molar-refractivity contribution >= 4 is 38.3 Å². The maximum absolute atomic E-state index is 13.0. The number of rotatable bonds is 5. The van der Waals surface area contributed by atoms with Crippen molar-refractivity contribution in [3.8, 4) is 0 Å². The van der Waals surface area contributed by atoms with Gasteiger partial charge in [0.05, 0.1) is 4.90 Å². The van der Waals surface area contributed by atoms with Crippen molar-refractivity contribution in [2.45, 2.75) is 43.0 Å². The number of nitrogens with one attached hydrogen (secondary N) is 2. The predicted octanol–water partition coefficient (Wildman–Crippen LogP) is 2.47. The first kappa shape index (κ1) is 18.6. The van der Waals surface area contributed by atoms with Gasteiger partial charge in [0.2, 0.25) is 15.9 Å². The van der Waals surface area contributed by atoms with Crippen molar-refractivity contribution in [3.05, 3.63) is 35.9 Å². The lowest BCUT2D eigenvalue weighted by Gasteiger charge is -2.24. The molecule has 2 aromatic rings. The highest BCUT2D eigenvalue weighted by molar-refractivity contribution is 7.89. The Balaban J connectivity index is 1.36. The molecule has 152 valence electrons. The fourth-order valence-corrected chi connectivity index (χ4v) is 6.23. The molecule has 2 fully saturated rings. The van der Waals surface area contributed by atoms with Crippen molar-refractivity contribution in [3.63, 3.8) is 0 Å². The van der Waals surface area contributed by atoms with E-state index in [2.05, 4.69) is 10.0 Å². The van der Waals surface area contributed by atoms with Gasteiger partial charge in [0.1, 0.15) is 0 Å². The largest absolute Gasteiger partial charge is 0.339 e. The first-order valence-corrected chi connectivity index (χ1v) is 11.6. The smallest absolute Gasteiger partial charge is 0.256 e. The Kier molecular flexibility index (Phi) is 4.36. The molecule has 0 bridgehead atoms. The average molecular weight is 413 g/mol. The summed E-state index contributed by atoms with van der Waals surface area (Å²) >= 11 is 0. The highest BCUT2D eigenvalue weighted by Gasteiger charge is 2.36.